The van der Waals surface area contributed by atoms with Crippen molar-refractivity contribution >= 4 is 34.5 Å². The number of halogens is 2. The van der Waals surface area contributed by atoms with Crippen LogP contribution in [0.15, 0.2) is 23.6 Å². The molecule has 4 heteroatoms. The number of rotatable bonds is 3. The molecule has 18 heavy (non-hydrogen) atoms. The van der Waals surface area contributed by atoms with E-state index in [1.165, 1.54) is 0 Å². The first-order valence-corrected chi connectivity index (χ1v) is 7.26. The highest BCUT2D eigenvalue weighted by atomic mass is 35.5. The summed E-state index contributed by atoms with van der Waals surface area (Å²) in [5, 5.41) is 2.60. The highest BCUT2D eigenvalue weighted by Crippen LogP contribution is 2.40. The Morgan fingerprint density at radius 1 is 1.22 bits per heavy atom. The Morgan fingerprint density at radius 3 is 2.44 bits per heavy atom. The van der Waals surface area contributed by atoms with Crippen LogP contribution in [0.5, 0.6) is 5.75 Å². The van der Waals surface area contributed by atoms with Crippen molar-refractivity contribution in [2.45, 2.75) is 19.2 Å². The molecule has 0 saturated carbocycles. The molecule has 0 saturated heterocycles. The zero-order valence-corrected chi connectivity index (χ0v) is 12.8. The Balaban J connectivity index is 2.37. The number of methoxy groups -OCH3 is 1. The van der Waals surface area contributed by atoms with Gasteiger partial charge in [-0.3, -0.25) is 0 Å². The fraction of sp³-hybridized carbons (Fsp3) is 0.286. The van der Waals surface area contributed by atoms with Crippen LogP contribution in [0.25, 0.3) is 0 Å². The lowest BCUT2D eigenvalue weighted by Gasteiger charge is -2.12. The van der Waals surface area contributed by atoms with Crippen molar-refractivity contribution in [2.75, 3.05) is 7.11 Å². The average Bonchev–Trinajstić information content (AvgIpc) is 2.69. The van der Waals surface area contributed by atoms with Gasteiger partial charge in [-0.2, -0.15) is 0 Å². The fourth-order valence-corrected chi connectivity index (χ4v) is 3.59. The van der Waals surface area contributed by atoms with Gasteiger partial charge in [0.1, 0.15) is 5.75 Å². The van der Waals surface area contributed by atoms with E-state index in [0.717, 1.165) is 32.3 Å². The van der Waals surface area contributed by atoms with E-state index in [4.69, 9.17) is 27.9 Å². The van der Waals surface area contributed by atoms with Gasteiger partial charge < -0.3 is 4.74 Å². The summed E-state index contributed by atoms with van der Waals surface area (Å²) in [6.45, 7) is 4.00. The lowest BCUT2D eigenvalue weighted by atomic mass is 10.1. The second kappa shape index (κ2) is 5.52. The zero-order chi connectivity index (χ0) is 13.3. The monoisotopic (exact) mass is 300 g/mol. The molecule has 0 bridgehead atoms. The Kier molecular flexibility index (Phi) is 4.21. The maximum Gasteiger partial charge on any atom is 0.121 e. The van der Waals surface area contributed by atoms with E-state index >= 15 is 0 Å². The van der Waals surface area contributed by atoms with Gasteiger partial charge in [-0.05, 0) is 42.0 Å². The highest BCUT2D eigenvalue weighted by molar-refractivity contribution is 7.11. The van der Waals surface area contributed by atoms with Crippen LogP contribution in [0.3, 0.4) is 0 Å². The molecule has 2 aromatic rings. The molecule has 1 heterocycles. The van der Waals surface area contributed by atoms with E-state index < -0.39 is 0 Å². The van der Waals surface area contributed by atoms with E-state index in [1.54, 1.807) is 18.4 Å². The third kappa shape index (κ3) is 2.51. The Labute approximate surface area is 121 Å². The zero-order valence-electron chi connectivity index (χ0n) is 10.5. The smallest absolute Gasteiger partial charge is 0.121 e. The van der Waals surface area contributed by atoms with E-state index in [9.17, 15) is 0 Å². The molecule has 0 spiro atoms. The van der Waals surface area contributed by atoms with E-state index in [-0.39, 0.29) is 5.38 Å². The van der Waals surface area contributed by atoms with Gasteiger partial charge in [-0.1, -0.05) is 23.7 Å². The minimum atomic E-state index is -0.208. The molecule has 1 nitrogen and oxygen atoms in total. The fourth-order valence-electron chi connectivity index (χ4n) is 1.83. The summed E-state index contributed by atoms with van der Waals surface area (Å²) < 4.78 is 5.25. The maximum absolute atomic E-state index is 6.50. The van der Waals surface area contributed by atoms with Crippen molar-refractivity contribution in [3.63, 3.8) is 0 Å². The van der Waals surface area contributed by atoms with Gasteiger partial charge in [0.15, 0.2) is 0 Å². The number of aryl methyl sites for hydroxylation is 2. The van der Waals surface area contributed by atoms with Crippen LogP contribution in [-0.2, 0) is 0 Å². The van der Waals surface area contributed by atoms with Gasteiger partial charge in [0.05, 0.1) is 17.5 Å². The third-order valence-corrected chi connectivity index (χ3v) is 5.25. The third-order valence-electron chi connectivity index (χ3n) is 2.87. The molecular weight excluding hydrogens is 287 g/mol. The van der Waals surface area contributed by atoms with Gasteiger partial charge >= 0.3 is 0 Å². The molecule has 1 aromatic carbocycles. The standard InChI is InChI=1S/C14H14Cl2OS/c1-8-6-10(4-5-11(8)17-3)13(16)14-12(15)9(2)7-18-14/h4-7,13H,1-3H3. The topological polar surface area (TPSA) is 9.23 Å². The average molecular weight is 301 g/mol. The van der Waals surface area contributed by atoms with Crippen molar-refractivity contribution < 1.29 is 4.74 Å². The summed E-state index contributed by atoms with van der Waals surface area (Å²) in [7, 11) is 1.67. The van der Waals surface area contributed by atoms with Gasteiger partial charge in [-0.15, -0.1) is 22.9 Å². The molecule has 0 aliphatic heterocycles. The first kappa shape index (κ1) is 13.7. The highest BCUT2D eigenvalue weighted by Gasteiger charge is 2.18. The molecular formula is C14H14Cl2OS. The molecule has 0 fully saturated rings. The Hall–Kier alpha value is -0.700. The van der Waals surface area contributed by atoms with Crippen molar-refractivity contribution in [3.8, 4) is 5.75 Å². The normalized spacial score (nSPS) is 12.5. The van der Waals surface area contributed by atoms with Crippen molar-refractivity contribution in [1.29, 1.82) is 0 Å². The van der Waals surface area contributed by atoms with Crippen molar-refractivity contribution in [3.05, 3.63) is 50.2 Å². The van der Waals surface area contributed by atoms with Gasteiger partial charge in [0.25, 0.3) is 0 Å². The first-order chi connectivity index (χ1) is 8.54. The molecule has 0 aliphatic carbocycles. The lowest BCUT2D eigenvalue weighted by Crippen LogP contribution is -1.94. The minimum absolute atomic E-state index is 0.208. The van der Waals surface area contributed by atoms with Gasteiger partial charge in [0.2, 0.25) is 0 Å². The van der Waals surface area contributed by atoms with Crippen LogP contribution in [-0.4, -0.2) is 7.11 Å². The van der Waals surface area contributed by atoms with Crippen LogP contribution in [0.2, 0.25) is 5.02 Å². The van der Waals surface area contributed by atoms with Gasteiger partial charge in [0, 0.05) is 4.88 Å². The largest absolute Gasteiger partial charge is 0.496 e. The number of thiophene rings is 1. The van der Waals surface area contributed by atoms with Crippen LogP contribution < -0.4 is 4.74 Å². The Morgan fingerprint density at radius 2 is 1.94 bits per heavy atom. The predicted octanol–water partition coefficient (Wildman–Crippen LogP) is 5.36. The predicted molar refractivity (Wildman–Crippen MR) is 79.5 cm³/mol. The van der Waals surface area contributed by atoms with Crippen LogP contribution >= 0.6 is 34.5 Å². The number of alkyl halides is 1. The number of hydrogen-bond donors (Lipinski definition) is 0. The molecule has 1 unspecified atom stereocenters. The molecule has 0 aliphatic rings. The number of ether oxygens (including phenoxy) is 1. The number of hydrogen-bond acceptors (Lipinski definition) is 2. The quantitative estimate of drug-likeness (QED) is 0.694. The number of benzene rings is 1. The molecule has 2 rings (SSSR count). The maximum atomic E-state index is 6.50. The van der Waals surface area contributed by atoms with Gasteiger partial charge in [-0.25, -0.2) is 0 Å². The van der Waals surface area contributed by atoms with Crippen molar-refractivity contribution in [2.24, 2.45) is 0 Å². The summed E-state index contributed by atoms with van der Waals surface area (Å²) in [6, 6.07) is 5.96. The van der Waals surface area contributed by atoms with E-state index in [1.807, 2.05) is 37.4 Å². The summed E-state index contributed by atoms with van der Waals surface area (Å²) >= 11 is 14.4. The summed E-state index contributed by atoms with van der Waals surface area (Å²) in [4.78, 5) is 1.00. The van der Waals surface area contributed by atoms with E-state index in [2.05, 4.69) is 0 Å². The van der Waals surface area contributed by atoms with Crippen LogP contribution in [0, 0.1) is 13.8 Å². The molecule has 1 aromatic heterocycles. The first-order valence-electron chi connectivity index (χ1n) is 5.56. The SMILES string of the molecule is COc1ccc(C(Cl)c2scc(C)c2Cl)cc1C. The van der Waals surface area contributed by atoms with Crippen LogP contribution in [0.1, 0.15) is 26.9 Å². The molecule has 0 radical (unpaired) electrons. The summed E-state index contributed by atoms with van der Waals surface area (Å²) in [5.74, 6) is 0.871. The van der Waals surface area contributed by atoms with E-state index in [0.29, 0.717) is 0 Å². The minimum Gasteiger partial charge on any atom is -0.496 e. The summed E-state index contributed by atoms with van der Waals surface area (Å²) in [5.41, 5.74) is 3.19. The van der Waals surface area contributed by atoms with Crippen LogP contribution in [0.4, 0.5) is 0 Å². The molecule has 0 N–H and O–H groups in total. The molecule has 1 atom stereocenters. The Bertz CT molecular complexity index is 563. The van der Waals surface area contributed by atoms with Crippen molar-refractivity contribution in [1.82, 2.24) is 0 Å². The second-order valence-corrected chi connectivity index (χ2v) is 5.91. The second-order valence-electron chi connectivity index (χ2n) is 4.19. The summed E-state index contributed by atoms with van der Waals surface area (Å²) in [6.07, 6.45) is 0. The molecule has 96 valence electrons. The molecule has 0 amide bonds. The lowest BCUT2D eigenvalue weighted by molar-refractivity contribution is 0.411.